The fourth-order valence-electron chi connectivity index (χ4n) is 1.23. The maximum atomic E-state index is 10.3. The van der Waals surface area contributed by atoms with Crippen molar-refractivity contribution < 1.29 is 9.90 Å². The Balaban J connectivity index is 2.38. The van der Waals surface area contributed by atoms with E-state index in [4.69, 9.17) is 5.11 Å². The number of amides is 1. The number of thiophene rings is 1. The van der Waals surface area contributed by atoms with Crippen LogP contribution in [0.15, 0.2) is 12.1 Å². The molecule has 0 aliphatic heterocycles. The zero-order chi connectivity index (χ0) is 10.4. The molecular weight excluding hydrogens is 198 g/mol. The number of hydrogen-bond acceptors (Lipinski definition) is 2. The molecule has 1 aromatic heterocycles. The normalized spacial score (nSPS) is 10.1. The summed E-state index contributed by atoms with van der Waals surface area (Å²) in [4.78, 5) is 11.6. The number of rotatable bonds is 5. The minimum absolute atomic E-state index is 0.712. The number of aryl methyl sites for hydroxylation is 1. The van der Waals surface area contributed by atoms with E-state index in [1.807, 2.05) is 12.1 Å². The van der Waals surface area contributed by atoms with E-state index in [1.165, 1.54) is 35.5 Å². The highest BCUT2D eigenvalue weighted by Crippen LogP contribution is 2.23. The van der Waals surface area contributed by atoms with Gasteiger partial charge in [0.2, 0.25) is 0 Å². The summed E-state index contributed by atoms with van der Waals surface area (Å²) >= 11 is 1.52. The predicted octanol–water partition coefficient (Wildman–Crippen LogP) is 3.57. The topological polar surface area (TPSA) is 49.3 Å². The van der Waals surface area contributed by atoms with Crippen LogP contribution in [0.1, 0.15) is 31.1 Å². The van der Waals surface area contributed by atoms with Crippen LogP contribution < -0.4 is 5.32 Å². The Kier molecular flexibility index (Phi) is 4.46. The van der Waals surface area contributed by atoms with E-state index in [0.29, 0.717) is 5.00 Å². The second-order valence-corrected chi connectivity index (χ2v) is 4.32. The summed E-state index contributed by atoms with van der Waals surface area (Å²) in [5.74, 6) is 0. The lowest BCUT2D eigenvalue weighted by molar-refractivity contribution is 0.210. The monoisotopic (exact) mass is 213 g/mol. The Labute approximate surface area is 87.8 Å². The number of carboxylic acid groups (broad SMARTS) is 1. The van der Waals surface area contributed by atoms with Gasteiger partial charge in [-0.05, 0) is 25.0 Å². The first-order valence-corrected chi connectivity index (χ1v) is 5.62. The largest absolute Gasteiger partial charge is 0.465 e. The maximum absolute atomic E-state index is 10.3. The van der Waals surface area contributed by atoms with E-state index in [1.54, 1.807) is 0 Å². The molecule has 3 nitrogen and oxygen atoms in total. The average molecular weight is 213 g/mol. The molecule has 0 aliphatic carbocycles. The summed E-state index contributed by atoms with van der Waals surface area (Å²) in [6.07, 6.45) is 3.70. The van der Waals surface area contributed by atoms with Gasteiger partial charge >= 0.3 is 6.09 Å². The maximum Gasteiger partial charge on any atom is 0.409 e. The highest BCUT2D eigenvalue weighted by Gasteiger charge is 2.02. The summed E-state index contributed by atoms with van der Waals surface area (Å²) in [6.45, 7) is 2.17. The summed E-state index contributed by atoms with van der Waals surface area (Å²) in [5.41, 5.74) is 0. The first kappa shape index (κ1) is 11.0. The molecule has 0 aliphatic rings. The van der Waals surface area contributed by atoms with Gasteiger partial charge in [-0.1, -0.05) is 19.8 Å². The molecule has 0 bridgehead atoms. The molecule has 0 aromatic carbocycles. The molecule has 14 heavy (non-hydrogen) atoms. The van der Waals surface area contributed by atoms with Crippen molar-refractivity contribution in [3.8, 4) is 0 Å². The molecule has 0 fully saturated rings. The lowest BCUT2D eigenvalue weighted by Gasteiger charge is -1.95. The van der Waals surface area contributed by atoms with Crippen molar-refractivity contribution in [2.45, 2.75) is 32.6 Å². The number of hydrogen-bond donors (Lipinski definition) is 2. The van der Waals surface area contributed by atoms with Gasteiger partial charge in [-0.3, -0.25) is 5.32 Å². The van der Waals surface area contributed by atoms with Gasteiger partial charge in [0.25, 0.3) is 0 Å². The van der Waals surface area contributed by atoms with Crippen LogP contribution in [-0.4, -0.2) is 11.2 Å². The van der Waals surface area contributed by atoms with Crippen LogP contribution >= 0.6 is 11.3 Å². The summed E-state index contributed by atoms with van der Waals surface area (Å²) in [6, 6.07) is 3.81. The lowest BCUT2D eigenvalue weighted by Crippen LogP contribution is -2.05. The Bertz CT molecular complexity index is 296. The van der Waals surface area contributed by atoms with Crippen LogP contribution in [0.25, 0.3) is 0 Å². The van der Waals surface area contributed by atoms with Gasteiger partial charge in [0, 0.05) is 4.88 Å². The highest BCUT2D eigenvalue weighted by molar-refractivity contribution is 7.16. The van der Waals surface area contributed by atoms with Crippen LogP contribution in [0.3, 0.4) is 0 Å². The zero-order valence-corrected chi connectivity index (χ0v) is 9.06. The molecule has 4 heteroatoms. The second kappa shape index (κ2) is 5.65. The minimum atomic E-state index is -0.994. The van der Waals surface area contributed by atoms with Crippen molar-refractivity contribution >= 4 is 22.4 Å². The van der Waals surface area contributed by atoms with E-state index < -0.39 is 6.09 Å². The molecule has 0 saturated carbocycles. The number of carbonyl (C=O) groups is 1. The molecule has 1 aromatic rings. The fraction of sp³-hybridized carbons (Fsp3) is 0.500. The molecule has 0 atom stereocenters. The van der Waals surface area contributed by atoms with Crippen LogP contribution in [-0.2, 0) is 6.42 Å². The van der Waals surface area contributed by atoms with Gasteiger partial charge in [0.05, 0.1) is 5.00 Å². The predicted molar refractivity (Wildman–Crippen MR) is 59.2 cm³/mol. The van der Waals surface area contributed by atoms with Crippen molar-refractivity contribution in [2.75, 3.05) is 5.32 Å². The van der Waals surface area contributed by atoms with Gasteiger partial charge < -0.3 is 5.11 Å². The van der Waals surface area contributed by atoms with Crippen molar-refractivity contribution in [2.24, 2.45) is 0 Å². The third-order valence-electron chi connectivity index (χ3n) is 1.92. The molecule has 1 heterocycles. The zero-order valence-electron chi connectivity index (χ0n) is 8.25. The van der Waals surface area contributed by atoms with Crippen LogP contribution in [0.2, 0.25) is 0 Å². The van der Waals surface area contributed by atoms with Gasteiger partial charge in [0.15, 0.2) is 0 Å². The van der Waals surface area contributed by atoms with Crippen LogP contribution in [0, 0.1) is 0 Å². The van der Waals surface area contributed by atoms with Gasteiger partial charge in [-0.2, -0.15) is 0 Å². The van der Waals surface area contributed by atoms with Crippen molar-refractivity contribution in [3.05, 3.63) is 17.0 Å². The summed E-state index contributed by atoms with van der Waals surface area (Å²) in [7, 11) is 0. The van der Waals surface area contributed by atoms with Crippen molar-refractivity contribution in [3.63, 3.8) is 0 Å². The van der Waals surface area contributed by atoms with Crippen LogP contribution in [0.4, 0.5) is 9.80 Å². The van der Waals surface area contributed by atoms with Gasteiger partial charge in [-0.25, -0.2) is 4.79 Å². The molecule has 2 N–H and O–H groups in total. The third-order valence-corrected chi connectivity index (χ3v) is 2.98. The van der Waals surface area contributed by atoms with Crippen LogP contribution in [0.5, 0.6) is 0 Å². The lowest BCUT2D eigenvalue weighted by atomic mass is 10.2. The third kappa shape index (κ3) is 3.79. The standard InChI is InChI=1S/C10H15NO2S/c1-2-3-4-5-8-6-7-9(14-8)11-10(12)13/h6-7,11H,2-5H2,1H3,(H,12,13). The van der Waals surface area contributed by atoms with E-state index >= 15 is 0 Å². The molecule has 1 amide bonds. The quantitative estimate of drug-likeness (QED) is 0.734. The Morgan fingerprint density at radius 2 is 2.29 bits per heavy atom. The van der Waals surface area contributed by atoms with E-state index in [0.717, 1.165) is 6.42 Å². The van der Waals surface area contributed by atoms with Gasteiger partial charge in [-0.15, -0.1) is 11.3 Å². The van der Waals surface area contributed by atoms with E-state index in [-0.39, 0.29) is 0 Å². The fourth-order valence-corrected chi connectivity index (χ4v) is 2.17. The van der Waals surface area contributed by atoms with Crippen molar-refractivity contribution in [1.82, 2.24) is 0 Å². The first-order valence-electron chi connectivity index (χ1n) is 4.81. The number of anilines is 1. The average Bonchev–Trinajstić information content (AvgIpc) is 2.52. The number of unbranched alkanes of at least 4 members (excludes halogenated alkanes) is 2. The molecule has 78 valence electrons. The molecule has 0 radical (unpaired) electrons. The summed E-state index contributed by atoms with van der Waals surface area (Å²) < 4.78 is 0. The Hall–Kier alpha value is -1.03. The Morgan fingerprint density at radius 3 is 2.93 bits per heavy atom. The molecule has 0 unspecified atom stereocenters. The SMILES string of the molecule is CCCCCc1ccc(NC(=O)O)s1. The minimum Gasteiger partial charge on any atom is -0.465 e. The molecule has 1 rings (SSSR count). The second-order valence-electron chi connectivity index (χ2n) is 3.15. The van der Waals surface area contributed by atoms with E-state index in [2.05, 4.69) is 12.2 Å². The smallest absolute Gasteiger partial charge is 0.409 e. The molecular formula is C10H15NO2S. The number of nitrogens with one attached hydrogen (secondary N) is 1. The van der Waals surface area contributed by atoms with E-state index in [9.17, 15) is 4.79 Å². The van der Waals surface area contributed by atoms with Gasteiger partial charge in [0.1, 0.15) is 0 Å². The first-order chi connectivity index (χ1) is 6.72. The molecule has 0 spiro atoms. The Morgan fingerprint density at radius 1 is 1.50 bits per heavy atom. The van der Waals surface area contributed by atoms with Crippen molar-refractivity contribution in [1.29, 1.82) is 0 Å². The summed E-state index contributed by atoms with van der Waals surface area (Å²) in [5, 5.41) is 11.5. The highest BCUT2D eigenvalue weighted by atomic mass is 32.1. The molecule has 0 saturated heterocycles.